The molecule has 20 heavy (non-hydrogen) atoms. The molecule has 1 aromatic heterocycles. The topological polar surface area (TPSA) is 49.2 Å². The van der Waals surface area contributed by atoms with Gasteiger partial charge in [0.2, 0.25) is 6.79 Å². The molecule has 2 aromatic rings. The van der Waals surface area contributed by atoms with Crippen molar-refractivity contribution < 1.29 is 9.47 Å². The number of aromatic nitrogens is 3. The molecule has 1 aliphatic heterocycles. The quantitative estimate of drug-likeness (QED) is 0.810. The molecule has 2 aliphatic rings. The van der Waals surface area contributed by atoms with Gasteiger partial charge in [0.05, 0.1) is 0 Å². The first-order valence-corrected chi connectivity index (χ1v) is 7.70. The molecular formula is C14H15N3O2S. The van der Waals surface area contributed by atoms with Gasteiger partial charge in [-0.05, 0) is 30.5 Å². The fourth-order valence-corrected chi connectivity index (χ4v) is 3.19. The fraction of sp³-hybridized carbons (Fsp3) is 0.429. The van der Waals surface area contributed by atoms with Crippen molar-refractivity contribution in [3.8, 4) is 11.5 Å². The van der Waals surface area contributed by atoms with E-state index < -0.39 is 0 Å². The van der Waals surface area contributed by atoms with E-state index in [1.54, 1.807) is 11.8 Å². The van der Waals surface area contributed by atoms with Crippen molar-refractivity contribution in [3.05, 3.63) is 29.6 Å². The summed E-state index contributed by atoms with van der Waals surface area (Å²) in [6.07, 6.45) is 2.50. The highest BCUT2D eigenvalue weighted by Gasteiger charge is 2.29. The lowest BCUT2D eigenvalue weighted by atomic mass is 10.2. The standard InChI is InChI=1S/C14H15N3O2S/c1-17-13(10-3-4-10)15-16-14(17)20-7-9-2-5-11-12(6-9)19-8-18-11/h2,5-6,10H,3-4,7-8H2,1H3. The summed E-state index contributed by atoms with van der Waals surface area (Å²) in [5.74, 6) is 4.27. The van der Waals surface area contributed by atoms with Crippen LogP contribution in [0.5, 0.6) is 11.5 Å². The van der Waals surface area contributed by atoms with E-state index in [1.165, 1.54) is 18.4 Å². The summed E-state index contributed by atoms with van der Waals surface area (Å²) in [4.78, 5) is 0. The summed E-state index contributed by atoms with van der Waals surface area (Å²) >= 11 is 1.70. The lowest BCUT2D eigenvalue weighted by Crippen LogP contribution is -1.97. The van der Waals surface area contributed by atoms with E-state index in [4.69, 9.17) is 9.47 Å². The molecule has 104 valence electrons. The minimum Gasteiger partial charge on any atom is -0.454 e. The average molecular weight is 289 g/mol. The van der Waals surface area contributed by atoms with Gasteiger partial charge < -0.3 is 14.0 Å². The van der Waals surface area contributed by atoms with Crippen LogP contribution in [0.1, 0.15) is 30.1 Å². The molecule has 1 saturated carbocycles. The van der Waals surface area contributed by atoms with Crippen LogP contribution in [-0.2, 0) is 12.8 Å². The highest BCUT2D eigenvalue weighted by atomic mass is 32.2. The number of hydrogen-bond acceptors (Lipinski definition) is 5. The van der Waals surface area contributed by atoms with Crippen LogP contribution in [0.4, 0.5) is 0 Å². The predicted molar refractivity (Wildman–Crippen MR) is 75.1 cm³/mol. The summed E-state index contributed by atoms with van der Waals surface area (Å²) in [6.45, 7) is 0.319. The number of benzene rings is 1. The van der Waals surface area contributed by atoms with Gasteiger partial charge in [-0.3, -0.25) is 0 Å². The highest BCUT2D eigenvalue weighted by Crippen LogP contribution is 2.40. The van der Waals surface area contributed by atoms with Gasteiger partial charge in [0.15, 0.2) is 16.7 Å². The van der Waals surface area contributed by atoms with Crippen molar-refractivity contribution in [1.82, 2.24) is 14.8 Å². The van der Waals surface area contributed by atoms with Crippen LogP contribution in [0.15, 0.2) is 23.4 Å². The normalized spacial score (nSPS) is 16.6. The molecule has 0 spiro atoms. The zero-order valence-electron chi connectivity index (χ0n) is 11.2. The van der Waals surface area contributed by atoms with E-state index in [2.05, 4.69) is 27.9 Å². The predicted octanol–water partition coefficient (Wildman–Crippen LogP) is 2.71. The maximum Gasteiger partial charge on any atom is 0.231 e. The van der Waals surface area contributed by atoms with Crippen LogP contribution >= 0.6 is 11.8 Å². The smallest absolute Gasteiger partial charge is 0.231 e. The van der Waals surface area contributed by atoms with Crippen LogP contribution < -0.4 is 9.47 Å². The number of ether oxygens (including phenoxy) is 2. The Kier molecular flexibility index (Phi) is 2.84. The molecule has 0 atom stereocenters. The van der Waals surface area contributed by atoms with Crippen LogP contribution in [-0.4, -0.2) is 21.6 Å². The summed E-state index contributed by atoms with van der Waals surface area (Å²) < 4.78 is 12.8. The van der Waals surface area contributed by atoms with E-state index in [9.17, 15) is 0 Å². The van der Waals surface area contributed by atoms with Crippen LogP contribution in [0, 0.1) is 0 Å². The molecule has 1 fully saturated rings. The van der Waals surface area contributed by atoms with Gasteiger partial charge in [0.25, 0.3) is 0 Å². The molecule has 5 nitrogen and oxygen atoms in total. The molecule has 4 rings (SSSR count). The summed E-state index contributed by atoms with van der Waals surface area (Å²) in [5, 5.41) is 9.56. The third-order valence-electron chi connectivity index (χ3n) is 3.62. The van der Waals surface area contributed by atoms with Crippen molar-refractivity contribution in [2.45, 2.75) is 29.7 Å². The minimum absolute atomic E-state index is 0.319. The molecule has 0 saturated heterocycles. The van der Waals surface area contributed by atoms with Crippen LogP contribution in [0.25, 0.3) is 0 Å². The summed E-state index contributed by atoms with van der Waals surface area (Å²) in [6, 6.07) is 6.07. The van der Waals surface area contributed by atoms with E-state index in [1.807, 2.05) is 12.1 Å². The van der Waals surface area contributed by atoms with Crippen molar-refractivity contribution in [3.63, 3.8) is 0 Å². The lowest BCUT2D eigenvalue weighted by molar-refractivity contribution is 0.174. The van der Waals surface area contributed by atoms with Crippen molar-refractivity contribution >= 4 is 11.8 Å². The third kappa shape index (κ3) is 2.14. The van der Waals surface area contributed by atoms with Crippen LogP contribution in [0.2, 0.25) is 0 Å². The Morgan fingerprint density at radius 1 is 1.25 bits per heavy atom. The lowest BCUT2D eigenvalue weighted by Gasteiger charge is -2.04. The Labute approximate surface area is 121 Å². The fourth-order valence-electron chi connectivity index (χ4n) is 2.33. The SMILES string of the molecule is Cn1c(SCc2ccc3c(c2)OCO3)nnc1C1CC1. The largest absolute Gasteiger partial charge is 0.454 e. The summed E-state index contributed by atoms with van der Waals surface area (Å²) in [7, 11) is 2.05. The third-order valence-corrected chi connectivity index (χ3v) is 4.71. The Balaban J connectivity index is 1.47. The molecule has 2 heterocycles. The number of fused-ring (bicyclic) bond motifs is 1. The van der Waals surface area contributed by atoms with Gasteiger partial charge in [0, 0.05) is 18.7 Å². The number of rotatable bonds is 4. The first-order valence-electron chi connectivity index (χ1n) is 6.72. The second kappa shape index (κ2) is 4.70. The van der Waals surface area contributed by atoms with Crippen molar-refractivity contribution in [1.29, 1.82) is 0 Å². The Bertz CT molecular complexity index is 652. The average Bonchev–Trinajstić information content (AvgIpc) is 3.08. The Morgan fingerprint density at radius 2 is 2.10 bits per heavy atom. The Hall–Kier alpha value is -1.69. The minimum atomic E-state index is 0.319. The molecule has 6 heteroatoms. The van der Waals surface area contributed by atoms with E-state index in [-0.39, 0.29) is 0 Å². The zero-order valence-corrected chi connectivity index (χ0v) is 12.0. The number of nitrogens with zero attached hydrogens (tertiary/aromatic N) is 3. The molecule has 0 bridgehead atoms. The first-order chi connectivity index (χ1) is 9.81. The maximum absolute atomic E-state index is 5.39. The van der Waals surface area contributed by atoms with Gasteiger partial charge in [-0.1, -0.05) is 17.8 Å². The van der Waals surface area contributed by atoms with Gasteiger partial charge in [0.1, 0.15) is 5.82 Å². The van der Waals surface area contributed by atoms with Gasteiger partial charge in [-0.2, -0.15) is 0 Å². The van der Waals surface area contributed by atoms with Crippen LogP contribution in [0.3, 0.4) is 0 Å². The summed E-state index contributed by atoms with van der Waals surface area (Å²) in [5.41, 5.74) is 1.20. The van der Waals surface area contributed by atoms with E-state index >= 15 is 0 Å². The van der Waals surface area contributed by atoms with E-state index in [0.717, 1.165) is 28.2 Å². The van der Waals surface area contributed by atoms with Gasteiger partial charge in [-0.15, -0.1) is 10.2 Å². The molecule has 0 N–H and O–H groups in total. The molecule has 0 amide bonds. The number of hydrogen-bond donors (Lipinski definition) is 0. The second-order valence-corrected chi connectivity index (χ2v) is 6.09. The monoisotopic (exact) mass is 289 g/mol. The molecular weight excluding hydrogens is 274 g/mol. The Morgan fingerprint density at radius 3 is 2.95 bits per heavy atom. The van der Waals surface area contributed by atoms with Crippen molar-refractivity contribution in [2.75, 3.05) is 6.79 Å². The molecule has 1 aliphatic carbocycles. The first kappa shape index (κ1) is 12.1. The molecule has 0 radical (unpaired) electrons. The maximum atomic E-state index is 5.39. The zero-order chi connectivity index (χ0) is 13.5. The number of thioether (sulfide) groups is 1. The van der Waals surface area contributed by atoms with Crippen molar-refractivity contribution in [2.24, 2.45) is 7.05 Å². The highest BCUT2D eigenvalue weighted by molar-refractivity contribution is 7.98. The van der Waals surface area contributed by atoms with E-state index in [0.29, 0.717) is 12.7 Å². The molecule has 1 aromatic carbocycles. The second-order valence-electron chi connectivity index (χ2n) is 5.15. The molecule has 0 unspecified atom stereocenters. The van der Waals surface area contributed by atoms with Gasteiger partial charge >= 0.3 is 0 Å². The van der Waals surface area contributed by atoms with Gasteiger partial charge in [-0.25, -0.2) is 0 Å².